The van der Waals surface area contributed by atoms with Crippen LogP contribution in [-0.4, -0.2) is 44.3 Å². The Hall–Kier alpha value is -0.610. The molecule has 1 saturated heterocycles. The van der Waals surface area contributed by atoms with E-state index in [4.69, 9.17) is 16.3 Å². The van der Waals surface area contributed by atoms with Crippen LogP contribution in [0.4, 0.5) is 0 Å². The van der Waals surface area contributed by atoms with Crippen molar-refractivity contribution >= 4 is 11.6 Å². The lowest BCUT2D eigenvalue weighted by Crippen LogP contribution is -2.48. The number of morpholine rings is 1. The molecule has 1 heterocycles. The maximum atomic E-state index is 6.24. The lowest BCUT2D eigenvalue weighted by Gasteiger charge is -2.32. The van der Waals surface area contributed by atoms with Crippen LogP contribution < -0.4 is 5.32 Å². The van der Waals surface area contributed by atoms with Crippen LogP contribution >= 0.6 is 11.6 Å². The Morgan fingerprint density at radius 2 is 2.28 bits per heavy atom. The third-order valence-electron chi connectivity index (χ3n) is 3.52. The summed E-state index contributed by atoms with van der Waals surface area (Å²) in [6.07, 6.45) is 0. The van der Waals surface area contributed by atoms with Crippen LogP contribution in [0.2, 0.25) is 5.02 Å². The van der Waals surface area contributed by atoms with E-state index in [-0.39, 0.29) is 0 Å². The summed E-state index contributed by atoms with van der Waals surface area (Å²) in [7, 11) is 2.13. The standard InChI is InChI=1S/C14H21ClN2O/c1-11(13-5-3-4-6-14(13)15)17(2)9-12-10-18-8-7-16-12/h3-6,11-12,16H,7-10H2,1-2H3. The predicted octanol–water partition coefficient (Wildman–Crippen LogP) is 2.32. The molecule has 3 nitrogen and oxygen atoms in total. The molecule has 1 aromatic carbocycles. The molecule has 0 amide bonds. The summed E-state index contributed by atoms with van der Waals surface area (Å²) in [6, 6.07) is 8.76. The summed E-state index contributed by atoms with van der Waals surface area (Å²) in [5.41, 5.74) is 1.18. The Bertz CT molecular complexity index is 380. The topological polar surface area (TPSA) is 24.5 Å². The van der Waals surface area contributed by atoms with E-state index in [9.17, 15) is 0 Å². The van der Waals surface area contributed by atoms with Crippen LogP contribution in [0.3, 0.4) is 0 Å². The summed E-state index contributed by atoms with van der Waals surface area (Å²) in [5.74, 6) is 0. The van der Waals surface area contributed by atoms with Gasteiger partial charge in [-0.2, -0.15) is 0 Å². The fourth-order valence-corrected chi connectivity index (χ4v) is 2.59. The van der Waals surface area contributed by atoms with Crippen LogP contribution in [0.25, 0.3) is 0 Å². The van der Waals surface area contributed by atoms with Crippen LogP contribution in [0.5, 0.6) is 0 Å². The minimum atomic E-state index is 0.308. The van der Waals surface area contributed by atoms with Gasteiger partial charge < -0.3 is 10.1 Å². The first-order valence-corrected chi connectivity index (χ1v) is 6.82. The van der Waals surface area contributed by atoms with E-state index in [2.05, 4.69) is 30.3 Å². The molecule has 1 fully saturated rings. The van der Waals surface area contributed by atoms with Gasteiger partial charge in [-0.3, -0.25) is 4.90 Å². The van der Waals surface area contributed by atoms with Gasteiger partial charge in [0.1, 0.15) is 0 Å². The smallest absolute Gasteiger partial charge is 0.0632 e. The van der Waals surface area contributed by atoms with Crippen molar-refractivity contribution < 1.29 is 4.74 Å². The van der Waals surface area contributed by atoms with Crippen molar-refractivity contribution in [2.45, 2.75) is 19.0 Å². The molecule has 1 aliphatic rings. The fourth-order valence-electron chi connectivity index (χ4n) is 2.29. The molecule has 2 atom stereocenters. The van der Waals surface area contributed by atoms with Crippen molar-refractivity contribution in [3.05, 3.63) is 34.9 Å². The predicted molar refractivity (Wildman–Crippen MR) is 75.1 cm³/mol. The first kappa shape index (κ1) is 13.8. The van der Waals surface area contributed by atoms with E-state index in [0.29, 0.717) is 12.1 Å². The number of hydrogen-bond acceptors (Lipinski definition) is 3. The SMILES string of the molecule is CC(c1ccccc1Cl)N(C)CC1COCCN1. The molecule has 0 bridgehead atoms. The molecule has 2 rings (SSSR count). The van der Waals surface area contributed by atoms with Gasteiger partial charge >= 0.3 is 0 Å². The monoisotopic (exact) mass is 268 g/mol. The maximum absolute atomic E-state index is 6.24. The van der Waals surface area contributed by atoms with Gasteiger partial charge in [0.25, 0.3) is 0 Å². The molecule has 0 saturated carbocycles. The number of likely N-dealkylation sites (N-methyl/N-ethyl adjacent to an activating group) is 1. The second-order valence-electron chi connectivity index (χ2n) is 4.86. The molecule has 1 aromatic rings. The highest BCUT2D eigenvalue weighted by atomic mass is 35.5. The minimum absolute atomic E-state index is 0.308. The molecule has 4 heteroatoms. The number of hydrogen-bond donors (Lipinski definition) is 1. The van der Waals surface area contributed by atoms with Gasteiger partial charge in [-0.05, 0) is 25.6 Å². The molecule has 100 valence electrons. The number of rotatable bonds is 4. The van der Waals surface area contributed by atoms with Crippen molar-refractivity contribution in [3.63, 3.8) is 0 Å². The summed E-state index contributed by atoms with van der Waals surface area (Å²) in [5, 5.41) is 4.31. The molecular formula is C14H21ClN2O. The molecule has 0 aromatic heterocycles. The van der Waals surface area contributed by atoms with Crippen molar-refractivity contribution in [1.29, 1.82) is 0 Å². The lowest BCUT2D eigenvalue weighted by molar-refractivity contribution is 0.0606. The van der Waals surface area contributed by atoms with E-state index in [0.717, 1.165) is 31.3 Å². The zero-order valence-electron chi connectivity index (χ0n) is 11.0. The van der Waals surface area contributed by atoms with E-state index in [1.54, 1.807) is 0 Å². The van der Waals surface area contributed by atoms with Crippen LogP contribution in [-0.2, 0) is 4.74 Å². The zero-order chi connectivity index (χ0) is 13.0. The van der Waals surface area contributed by atoms with Crippen LogP contribution in [0.15, 0.2) is 24.3 Å². The Labute approximate surface area is 114 Å². The number of halogens is 1. The molecule has 18 heavy (non-hydrogen) atoms. The Kier molecular flexibility index (Phi) is 5.01. The van der Waals surface area contributed by atoms with Gasteiger partial charge in [0, 0.05) is 30.2 Å². The third kappa shape index (κ3) is 3.45. The van der Waals surface area contributed by atoms with Gasteiger partial charge in [0.05, 0.1) is 13.2 Å². The largest absolute Gasteiger partial charge is 0.378 e. The second-order valence-corrected chi connectivity index (χ2v) is 5.27. The van der Waals surface area contributed by atoms with Crippen molar-refractivity contribution in [2.24, 2.45) is 0 Å². The zero-order valence-corrected chi connectivity index (χ0v) is 11.8. The average Bonchev–Trinajstić information content (AvgIpc) is 2.39. The number of nitrogens with one attached hydrogen (secondary N) is 1. The molecule has 2 unspecified atom stereocenters. The molecule has 0 radical (unpaired) electrons. The van der Waals surface area contributed by atoms with Crippen molar-refractivity contribution in [1.82, 2.24) is 10.2 Å². The van der Waals surface area contributed by atoms with E-state index in [1.807, 2.05) is 18.2 Å². The Balaban J connectivity index is 1.95. The van der Waals surface area contributed by atoms with Crippen molar-refractivity contribution in [3.8, 4) is 0 Å². The minimum Gasteiger partial charge on any atom is -0.378 e. The summed E-state index contributed by atoms with van der Waals surface area (Å²) < 4.78 is 5.48. The number of ether oxygens (including phenoxy) is 1. The number of nitrogens with zero attached hydrogens (tertiary/aromatic N) is 1. The van der Waals surface area contributed by atoms with E-state index >= 15 is 0 Å². The first-order valence-electron chi connectivity index (χ1n) is 6.44. The van der Waals surface area contributed by atoms with Crippen LogP contribution in [0.1, 0.15) is 18.5 Å². The Morgan fingerprint density at radius 3 is 2.94 bits per heavy atom. The quantitative estimate of drug-likeness (QED) is 0.907. The highest BCUT2D eigenvalue weighted by Crippen LogP contribution is 2.26. The molecule has 0 spiro atoms. The van der Waals surface area contributed by atoms with Crippen LogP contribution in [0, 0.1) is 0 Å². The summed E-state index contributed by atoms with van der Waals surface area (Å²) >= 11 is 6.24. The van der Waals surface area contributed by atoms with Gasteiger partial charge in [0.15, 0.2) is 0 Å². The van der Waals surface area contributed by atoms with E-state index in [1.165, 1.54) is 5.56 Å². The van der Waals surface area contributed by atoms with Gasteiger partial charge in [0.2, 0.25) is 0 Å². The van der Waals surface area contributed by atoms with Gasteiger partial charge in [-0.25, -0.2) is 0 Å². The Morgan fingerprint density at radius 1 is 1.50 bits per heavy atom. The van der Waals surface area contributed by atoms with Gasteiger partial charge in [-0.1, -0.05) is 29.8 Å². The highest BCUT2D eigenvalue weighted by molar-refractivity contribution is 6.31. The van der Waals surface area contributed by atoms with Gasteiger partial charge in [-0.15, -0.1) is 0 Å². The molecule has 0 aliphatic carbocycles. The lowest BCUT2D eigenvalue weighted by atomic mass is 10.1. The normalized spacial score (nSPS) is 22.1. The first-order chi connectivity index (χ1) is 8.68. The summed E-state index contributed by atoms with van der Waals surface area (Å²) in [6.45, 7) is 5.70. The third-order valence-corrected chi connectivity index (χ3v) is 3.87. The highest BCUT2D eigenvalue weighted by Gasteiger charge is 2.20. The molecular weight excluding hydrogens is 248 g/mol. The van der Waals surface area contributed by atoms with E-state index < -0.39 is 0 Å². The fraction of sp³-hybridized carbons (Fsp3) is 0.571. The number of benzene rings is 1. The second kappa shape index (κ2) is 6.53. The molecule has 1 aliphatic heterocycles. The summed E-state index contributed by atoms with van der Waals surface area (Å²) in [4.78, 5) is 2.31. The maximum Gasteiger partial charge on any atom is 0.0632 e. The molecule has 1 N–H and O–H groups in total. The average molecular weight is 269 g/mol. The van der Waals surface area contributed by atoms with Crippen molar-refractivity contribution in [2.75, 3.05) is 33.4 Å².